The van der Waals surface area contributed by atoms with Crippen molar-refractivity contribution in [3.8, 4) is 28.4 Å². The van der Waals surface area contributed by atoms with E-state index in [0.29, 0.717) is 30.6 Å². The number of nitrogens with zero attached hydrogens (tertiary/aromatic N) is 4. The molecule has 1 saturated carbocycles. The van der Waals surface area contributed by atoms with E-state index in [1.165, 1.54) is 24.3 Å². The molecule has 0 unspecified atom stereocenters. The van der Waals surface area contributed by atoms with Crippen molar-refractivity contribution in [3.63, 3.8) is 0 Å². The number of ether oxygens (including phenoxy) is 1. The van der Waals surface area contributed by atoms with Crippen LogP contribution in [0.25, 0.3) is 22.5 Å². The Labute approximate surface area is 315 Å². The maximum atomic E-state index is 14.2. The van der Waals surface area contributed by atoms with Crippen LogP contribution in [0.1, 0.15) is 49.9 Å². The smallest absolute Gasteiger partial charge is 0.411 e. The number of carbonyl (C=O) groups excluding carboxylic acids is 2. The topological polar surface area (TPSA) is 176 Å². The van der Waals surface area contributed by atoms with Gasteiger partial charge in [-0.05, 0) is 107 Å². The molecule has 16 heteroatoms. The molecule has 4 aromatic rings. The molecule has 55 heavy (non-hydrogen) atoms. The monoisotopic (exact) mass is 767 g/mol. The van der Waals surface area contributed by atoms with Crippen LogP contribution in [0, 0.1) is 17.8 Å². The number of hydrogen-bond acceptors (Lipinski definition) is 9. The van der Waals surface area contributed by atoms with Crippen LogP contribution in [0.5, 0.6) is 5.88 Å². The number of halogens is 4. The number of H-pyrrole nitrogens is 1. The van der Waals surface area contributed by atoms with Gasteiger partial charge in [0.15, 0.2) is 5.82 Å². The van der Waals surface area contributed by atoms with Crippen LogP contribution in [-0.2, 0) is 26.7 Å². The van der Waals surface area contributed by atoms with Crippen molar-refractivity contribution < 1.29 is 41.8 Å². The molecule has 1 aliphatic rings. The van der Waals surface area contributed by atoms with E-state index in [1.54, 1.807) is 11.3 Å². The van der Waals surface area contributed by atoms with Crippen molar-refractivity contribution in [3.05, 3.63) is 78.2 Å². The number of Topliss-reactive ketones (excluding diaryl/α,β-unsaturated/α-hetero) is 1. The second-order valence-electron chi connectivity index (χ2n) is 14.1. The van der Waals surface area contributed by atoms with Gasteiger partial charge < -0.3 is 25.8 Å². The standard InChI is InChI=1S/C39H45F4N7O5/c1-50(2)17-4-18-55-33-16-13-29(23-45-33)28-6-3-5-25(19-28)20-30(21-32(51)26-9-7-24(22-44)8-10-26)35(52)46-31-14-11-27(12-15-31)34-47-36(49-48-34)38(40,41)39(42,43)37(53)54/h3,5-6,11-16,19,23-24,26,30H,4,7-10,17-18,20-22,44H2,1-2H3,(H,46,52)(H,53,54)(H,47,48,49)/t24?,26?,30-/m1/s1. The summed E-state index contributed by atoms with van der Waals surface area (Å²) >= 11 is 0. The molecule has 2 heterocycles. The third-order valence-electron chi connectivity index (χ3n) is 9.79. The number of pyridine rings is 1. The Morgan fingerprint density at radius 2 is 1.71 bits per heavy atom. The lowest BCUT2D eigenvalue weighted by Crippen LogP contribution is -2.45. The number of aliphatic carboxylic acids is 1. The van der Waals surface area contributed by atoms with E-state index in [-0.39, 0.29) is 35.9 Å². The van der Waals surface area contributed by atoms with Crippen molar-refractivity contribution in [2.75, 3.05) is 39.1 Å². The average molecular weight is 768 g/mol. The highest BCUT2D eigenvalue weighted by molar-refractivity contribution is 5.96. The fraction of sp³-hybridized carbons (Fsp3) is 0.436. The maximum absolute atomic E-state index is 14.2. The number of carboxylic acid groups (broad SMARTS) is 1. The lowest BCUT2D eigenvalue weighted by atomic mass is 9.77. The number of carboxylic acids is 1. The largest absolute Gasteiger partial charge is 0.478 e. The van der Waals surface area contributed by atoms with Gasteiger partial charge in [0.1, 0.15) is 5.78 Å². The van der Waals surface area contributed by atoms with Crippen LogP contribution >= 0.6 is 0 Å². The first kappa shape index (κ1) is 41.0. The van der Waals surface area contributed by atoms with Gasteiger partial charge in [0.25, 0.3) is 0 Å². The third-order valence-corrected chi connectivity index (χ3v) is 9.79. The Hall–Kier alpha value is -5.22. The first-order chi connectivity index (χ1) is 26.2. The predicted molar refractivity (Wildman–Crippen MR) is 197 cm³/mol. The number of nitrogens with one attached hydrogen (secondary N) is 2. The summed E-state index contributed by atoms with van der Waals surface area (Å²) in [5.74, 6) is -16.0. The summed E-state index contributed by atoms with van der Waals surface area (Å²) in [6, 6.07) is 17.1. The first-order valence-electron chi connectivity index (χ1n) is 18.1. The number of aromatic amines is 1. The van der Waals surface area contributed by atoms with Crippen molar-refractivity contribution in [2.24, 2.45) is 23.5 Å². The third kappa shape index (κ3) is 10.3. The normalized spacial score (nSPS) is 16.8. The van der Waals surface area contributed by atoms with Gasteiger partial charge >= 0.3 is 17.8 Å². The second-order valence-corrected chi connectivity index (χ2v) is 14.1. The van der Waals surface area contributed by atoms with E-state index < -0.39 is 35.5 Å². The van der Waals surface area contributed by atoms with Crippen molar-refractivity contribution in [2.45, 2.75) is 56.8 Å². The number of nitrogens with two attached hydrogens (primary N) is 1. The van der Waals surface area contributed by atoms with Crippen LogP contribution in [0.15, 0.2) is 66.9 Å². The van der Waals surface area contributed by atoms with Gasteiger partial charge in [0.2, 0.25) is 17.6 Å². The summed E-state index contributed by atoms with van der Waals surface area (Å²) in [6.45, 7) is 2.03. The van der Waals surface area contributed by atoms with Crippen LogP contribution in [0.2, 0.25) is 0 Å². The molecule has 0 saturated heterocycles. The Kier molecular flexibility index (Phi) is 13.4. The van der Waals surface area contributed by atoms with Crippen LogP contribution in [0.3, 0.4) is 0 Å². The van der Waals surface area contributed by atoms with E-state index in [9.17, 15) is 31.9 Å². The van der Waals surface area contributed by atoms with Gasteiger partial charge in [-0.25, -0.2) is 14.8 Å². The fourth-order valence-corrected chi connectivity index (χ4v) is 6.50. The zero-order valence-corrected chi connectivity index (χ0v) is 30.6. The minimum absolute atomic E-state index is 0.0122. The van der Waals surface area contributed by atoms with Crippen molar-refractivity contribution in [1.82, 2.24) is 25.1 Å². The van der Waals surface area contributed by atoms with Gasteiger partial charge in [-0.2, -0.15) is 22.7 Å². The van der Waals surface area contributed by atoms with Crippen LogP contribution in [0.4, 0.5) is 23.2 Å². The molecule has 1 atom stereocenters. The number of hydrogen-bond donors (Lipinski definition) is 4. The van der Waals surface area contributed by atoms with Crippen molar-refractivity contribution in [1.29, 1.82) is 0 Å². The summed E-state index contributed by atoms with van der Waals surface area (Å²) in [5.41, 5.74) is 8.87. The molecule has 0 aliphatic heterocycles. The number of carbonyl (C=O) groups is 3. The summed E-state index contributed by atoms with van der Waals surface area (Å²) in [4.78, 5) is 48.1. The molecule has 1 fully saturated rings. The Morgan fingerprint density at radius 3 is 2.35 bits per heavy atom. The zero-order chi connectivity index (χ0) is 39.8. The number of anilines is 1. The molecule has 2 aromatic heterocycles. The molecule has 294 valence electrons. The summed E-state index contributed by atoms with van der Waals surface area (Å²) < 4.78 is 61.6. The molecule has 12 nitrogen and oxygen atoms in total. The van der Waals surface area contributed by atoms with E-state index >= 15 is 0 Å². The summed E-state index contributed by atoms with van der Waals surface area (Å²) in [7, 11) is 4.00. The van der Waals surface area contributed by atoms with Crippen LogP contribution in [-0.4, -0.2) is 87.5 Å². The molecule has 5 rings (SSSR count). The fourth-order valence-electron chi connectivity index (χ4n) is 6.50. The maximum Gasteiger partial charge on any atom is 0.411 e. The zero-order valence-electron chi connectivity index (χ0n) is 30.6. The highest BCUT2D eigenvalue weighted by Gasteiger charge is 2.65. The SMILES string of the molecule is CN(C)CCCOc1ccc(-c2cccc(C[C@H](CC(=O)C3CCC(CN)CC3)C(=O)Nc3ccc(-c4n[nH]c(C(F)(F)C(F)(F)C(=O)O)n4)cc3)c2)cn1. The molecule has 1 aliphatic carbocycles. The van der Waals surface area contributed by atoms with Gasteiger partial charge in [0, 0.05) is 53.9 Å². The van der Waals surface area contributed by atoms with E-state index in [2.05, 4.69) is 25.3 Å². The number of ketones is 1. The molecule has 0 spiro atoms. The molecule has 1 amide bonds. The minimum atomic E-state index is -5.43. The number of alkyl halides is 4. The molecule has 0 radical (unpaired) electrons. The quantitative estimate of drug-likeness (QED) is 0.0674. The molecule has 5 N–H and O–H groups in total. The van der Waals surface area contributed by atoms with Gasteiger partial charge in [-0.1, -0.05) is 24.3 Å². The van der Waals surface area contributed by atoms with E-state index in [4.69, 9.17) is 15.6 Å². The molecular weight excluding hydrogens is 722 g/mol. The van der Waals surface area contributed by atoms with Gasteiger partial charge in [-0.15, -0.1) is 0 Å². The number of rotatable bonds is 18. The first-order valence-corrected chi connectivity index (χ1v) is 18.1. The number of amides is 1. The second kappa shape index (κ2) is 17.9. The van der Waals surface area contributed by atoms with E-state index in [1.807, 2.05) is 50.5 Å². The molecule has 2 aromatic carbocycles. The summed E-state index contributed by atoms with van der Waals surface area (Å²) in [5, 5.41) is 16.7. The van der Waals surface area contributed by atoms with Gasteiger partial charge in [0.05, 0.1) is 6.61 Å². The lowest BCUT2D eigenvalue weighted by Gasteiger charge is -2.27. The number of aromatic nitrogens is 4. The van der Waals surface area contributed by atoms with Crippen molar-refractivity contribution >= 4 is 23.3 Å². The van der Waals surface area contributed by atoms with Gasteiger partial charge in [-0.3, -0.25) is 14.7 Å². The minimum Gasteiger partial charge on any atom is -0.478 e. The lowest BCUT2D eigenvalue weighted by molar-refractivity contribution is -0.231. The Bertz CT molecular complexity index is 1910. The summed E-state index contributed by atoms with van der Waals surface area (Å²) in [6.07, 6.45) is 6.03. The highest BCUT2D eigenvalue weighted by atomic mass is 19.3. The van der Waals surface area contributed by atoms with E-state index in [0.717, 1.165) is 55.3 Å². The number of benzene rings is 2. The Balaban J connectivity index is 1.30. The molecule has 0 bridgehead atoms. The highest BCUT2D eigenvalue weighted by Crippen LogP contribution is 2.42. The predicted octanol–water partition coefficient (Wildman–Crippen LogP) is 6.20. The average Bonchev–Trinajstić information content (AvgIpc) is 3.68. The van der Waals surface area contributed by atoms with Crippen LogP contribution < -0.4 is 15.8 Å². The Morgan fingerprint density at radius 1 is 1.00 bits per heavy atom. The molecular formula is C39H45F4N7O5.